The van der Waals surface area contributed by atoms with E-state index in [9.17, 15) is 18.0 Å². The summed E-state index contributed by atoms with van der Waals surface area (Å²) >= 11 is 0. The molecule has 0 saturated heterocycles. The van der Waals surface area contributed by atoms with E-state index >= 15 is 0 Å². The highest BCUT2D eigenvalue weighted by Gasteiger charge is 2.26. The van der Waals surface area contributed by atoms with E-state index in [-0.39, 0.29) is 22.4 Å². The molecule has 0 spiro atoms. The van der Waals surface area contributed by atoms with E-state index in [0.717, 1.165) is 17.4 Å². The molecule has 1 aromatic heterocycles. The number of aryl methyl sites for hydroxylation is 1. The van der Waals surface area contributed by atoms with Crippen molar-refractivity contribution >= 4 is 20.9 Å². The van der Waals surface area contributed by atoms with Crippen molar-refractivity contribution in [2.24, 2.45) is 14.1 Å². The second-order valence-electron chi connectivity index (χ2n) is 6.72. The van der Waals surface area contributed by atoms with Crippen molar-refractivity contribution in [3.63, 3.8) is 0 Å². The van der Waals surface area contributed by atoms with Gasteiger partial charge in [-0.2, -0.15) is 0 Å². The average Bonchev–Trinajstić information content (AvgIpc) is 2.64. The van der Waals surface area contributed by atoms with Gasteiger partial charge in [0.25, 0.3) is 5.56 Å². The molecule has 0 atom stereocenters. The van der Waals surface area contributed by atoms with Gasteiger partial charge in [0.2, 0.25) is 10.0 Å². The SMILES string of the molecule is COC1CCC(NS(=O)(=O)c2ccc3c(c2)c(=O)n(C)c(=O)n3C)CC1. The Morgan fingerprint density at radius 1 is 1.08 bits per heavy atom. The Hall–Kier alpha value is -1.97. The molecule has 1 N–H and O–H groups in total. The van der Waals surface area contributed by atoms with E-state index in [4.69, 9.17) is 4.74 Å². The van der Waals surface area contributed by atoms with Gasteiger partial charge < -0.3 is 4.74 Å². The van der Waals surface area contributed by atoms with Crippen LogP contribution >= 0.6 is 0 Å². The summed E-state index contributed by atoms with van der Waals surface area (Å²) in [7, 11) is 0.829. The van der Waals surface area contributed by atoms with Crippen molar-refractivity contribution in [2.75, 3.05) is 7.11 Å². The lowest BCUT2D eigenvalue weighted by Crippen LogP contribution is -2.39. The standard InChI is InChI=1S/C17H23N3O5S/c1-19-15-9-8-13(10-14(15)16(21)20(2)17(19)22)26(23,24)18-11-4-6-12(25-3)7-5-11/h8-12,18H,4-7H2,1-3H3. The van der Waals surface area contributed by atoms with Crippen LogP contribution in [0.2, 0.25) is 0 Å². The third-order valence-corrected chi connectivity index (χ3v) is 6.60. The van der Waals surface area contributed by atoms with E-state index in [2.05, 4.69) is 4.72 Å². The first-order valence-electron chi connectivity index (χ1n) is 8.49. The average molecular weight is 381 g/mol. The Morgan fingerprint density at radius 2 is 1.73 bits per heavy atom. The van der Waals surface area contributed by atoms with E-state index in [1.807, 2.05) is 0 Å². The van der Waals surface area contributed by atoms with Crippen molar-refractivity contribution in [1.29, 1.82) is 0 Å². The van der Waals surface area contributed by atoms with E-state index < -0.39 is 21.3 Å². The fourth-order valence-corrected chi connectivity index (χ4v) is 4.78. The summed E-state index contributed by atoms with van der Waals surface area (Å²) < 4.78 is 35.8. The molecule has 1 aromatic carbocycles. The van der Waals surface area contributed by atoms with E-state index in [1.165, 1.54) is 29.8 Å². The summed E-state index contributed by atoms with van der Waals surface area (Å²) in [5, 5.41) is 0.195. The van der Waals surface area contributed by atoms with Crippen LogP contribution in [0, 0.1) is 0 Å². The molecular weight excluding hydrogens is 358 g/mol. The lowest BCUT2D eigenvalue weighted by atomic mass is 9.94. The molecule has 0 aliphatic heterocycles. The first-order chi connectivity index (χ1) is 12.2. The highest BCUT2D eigenvalue weighted by molar-refractivity contribution is 7.89. The molecule has 3 rings (SSSR count). The zero-order valence-electron chi connectivity index (χ0n) is 15.1. The zero-order chi connectivity index (χ0) is 19.1. The van der Waals surface area contributed by atoms with Gasteiger partial charge in [-0.15, -0.1) is 0 Å². The number of nitrogens with one attached hydrogen (secondary N) is 1. The molecule has 1 aliphatic rings. The monoisotopic (exact) mass is 381 g/mol. The Bertz CT molecular complexity index is 1050. The molecule has 26 heavy (non-hydrogen) atoms. The largest absolute Gasteiger partial charge is 0.381 e. The van der Waals surface area contributed by atoms with Gasteiger partial charge in [-0.3, -0.25) is 13.9 Å². The minimum Gasteiger partial charge on any atom is -0.381 e. The number of hydrogen-bond donors (Lipinski definition) is 1. The van der Waals surface area contributed by atoms with Gasteiger partial charge in [-0.05, 0) is 43.9 Å². The molecule has 142 valence electrons. The molecule has 0 bridgehead atoms. The molecule has 1 aliphatic carbocycles. The normalized spacial score (nSPS) is 21.2. The summed E-state index contributed by atoms with van der Waals surface area (Å²) in [4.78, 5) is 24.4. The quantitative estimate of drug-likeness (QED) is 0.830. The third kappa shape index (κ3) is 3.34. The molecule has 1 fully saturated rings. The van der Waals surface area contributed by atoms with E-state index in [0.29, 0.717) is 18.4 Å². The molecule has 0 amide bonds. The summed E-state index contributed by atoms with van der Waals surface area (Å²) in [6, 6.07) is 4.10. The van der Waals surface area contributed by atoms with E-state index in [1.54, 1.807) is 14.2 Å². The van der Waals surface area contributed by atoms with Crippen LogP contribution in [0.3, 0.4) is 0 Å². The number of ether oxygens (including phenoxy) is 1. The number of benzene rings is 1. The van der Waals surface area contributed by atoms with Crippen LogP contribution in [0.1, 0.15) is 25.7 Å². The molecule has 9 heteroatoms. The molecular formula is C17H23N3O5S. The maximum Gasteiger partial charge on any atom is 0.330 e. The van der Waals surface area contributed by atoms with Crippen molar-refractivity contribution in [3.8, 4) is 0 Å². The van der Waals surface area contributed by atoms with Crippen LogP contribution in [-0.2, 0) is 28.9 Å². The number of methoxy groups -OCH3 is 1. The number of sulfonamides is 1. The first-order valence-corrected chi connectivity index (χ1v) is 9.98. The van der Waals surface area contributed by atoms with Gasteiger partial charge in [0.1, 0.15) is 0 Å². The number of rotatable bonds is 4. The molecule has 8 nitrogen and oxygen atoms in total. The fourth-order valence-electron chi connectivity index (χ4n) is 3.45. The highest BCUT2D eigenvalue weighted by atomic mass is 32.2. The Kier molecular flexibility index (Phi) is 5.05. The van der Waals surface area contributed by atoms with Gasteiger partial charge in [-0.1, -0.05) is 0 Å². The van der Waals surface area contributed by atoms with Gasteiger partial charge in [0.15, 0.2) is 0 Å². The van der Waals surface area contributed by atoms with Gasteiger partial charge in [0.05, 0.1) is 21.9 Å². The highest BCUT2D eigenvalue weighted by Crippen LogP contribution is 2.23. The minimum atomic E-state index is -3.75. The predicted octanol–water partition coefficient (Wildman–Crippen LogP) is 0.473. The maximum absolute atomic E-state index is 12.7. The van der Waals surface area contributed by atoms with Crippen LogP contribution in [0.4, 0.5) is 0 Å². The summed E-state index contributed by atoms with van der Waals surface area (Å²) in [6.07, 6.45) is 3.22. The van der Waals surface area contributed by atoms with Gasteiger partial charge >= 0.3 is 5.69 Å². The second kappa shape index (κ2) is 6.98. The third-order valence-electron chi connectivity index (χ3n) is 5.08. The van der Waals surface area contributed by atoms with Gasteiger partial charge in [-0.25, -0.2) is 17.9 Å². The Labute approximate surface area is 151 Å². The fraction of sp³-hybridized carbons (Fsp3) is 0.529. The molecule has 2 aromatic rings. The summed E-state index contributed by atoms with van der Waals surface area (Å²) in [5.74, 6) is 0. The van der Waals surface area contributed by atoms with Crippen molar-refractivity contribution in [2.45, 2.75) is 42.7 Å². The van der Waals surface area contributed by atoms with Crippen molar-refractivity contribution in [3.05, 3.63) is 39.0 Å². The van der Waals surface area contributed by atoms with Crippen LogP contribution in [0.5, 0.6) is 0 Å². The lowest BCUT2D eigenvalue weighted by Gasteiger charge is -2.28. The predicted molar refractivity (Wildman–Crippen MR) is 97.8 cm³/mol. The summed E-state index contributed by atoms with van der Waals surface area (Å²) in [5.41, 5.74) is -0.565. The number of aromatic nitrogens is 2. The molecule has 1 saturated carbocycles. The van der Waals surface area contributed by atoms with Crippen LogP contribution in [-0.4, -0.2) is 36.8 Å². The topological polar surface area (TPSA) is 99.4 Å². The van der Waals surface area contributed by atoms with Crippen molar-refractivity contribution < 1.29 is 13.2 Å². The number of fused-ring (bicyclic) bond motifs is 1. The van der Waals surface area contributed by atoms with Crippen molar-refractivity contribution in [1.82, 2.24) is 13.9 Å². The minimum absolute atomic E-state index is 0.0228. The molecule has 0 radical (unpaired) electrons. The Morgan fingerprint density at radius 3 is 2.35 bits per heavy atom. The number of hydrogen-bond acceptors (Lipinski definition) is 5. The Balaban J connectivity index is 1.95. The first kappa shape index (κ1) is 18.8. The zero-order valence-corrected chi connectivity index (χ0v) is 15.9. The van der Waals surface area contributed by atoms with Gasteiger partial charge in [0, 0.05) is 27.2 Å². The summed E-state index contributed by atoms with van der Waals surface area (Å²) in [6.45, 7) is 0. The second-order valence-corrected chi connectivity index (χ2v) is 8.43. The van der Waals surface area contributed by atoms with Crippen LogP contribution < -0.4 is 16.0 Å². The van der Waals surface area contributed by atoms with Crippen LogP contribution in [0.25, 0.3) is 10.9 Å². The lowest BCUT2D eigenvalue weighted by molar-refractivity contribution is 0.0649. The van der Waals surface area contributed by atoms with Crippen LogP contribution in [0.15, 0.2) is 32.7 Å². The smallest absolute Gasteiger partial charge is 0.330 e. The molecule has 0 unspecified atom stereocenters. The number of nitrogens with zero attached hydrogens (tertiary/aromatic N) is 2. The molecule has 1 heterocycles. The maximum atomic E-state index is 12.7.